The van der Waals surface area contributed by atoms with E-state index in [4.69, 9.17) is 0 Å². The van der Waals surface area contributed by atoms with Crippen LogP contribution in [0, 0.1) is 23.7 Å². The highest BCUT2D eigenvalue weighted by Crippen LogP contribution is 2.20. The number of hydrogen-bond donors (Lipinski definition) is 0. The van der Waals surface area contributed by atoms with Crippen LogP contribution >= 0.6 is 0 Å². The first kappa shape index (κ1) is 12.2. The molecule has 0 bridgehead atoms. The molecule has 90 valence electrons. The Bertz CT molecular complexity index is 389. The van der Waals surface area contributed by atoms with Gasteiger partial charge in [0.25, 0.3) is 0 Å². The molecule has 2 atom stereocenters. The molecule has 1 nitrogen and oxygen atoms in total. The van der Waals surface area contributed by atoms with Crippen molar-refractivity contribution >= 4 is 0 Å². The van der Waals surface area contributed by atoms with E-state index in [-0.39, 0.29) is 0 Å². The van der Waals surface area contributed by atoms with Crippen molar-refractivity contribution in [3.05, 3.63) is 35.9 Å². The summed E-state index contributed by atoms with van der Waals surface area (Å²) in [5.41, 5.74) is 1.12. The minimum atomic E-state index is 0.817. The first-order valence-corrected chi connectivity index (χ1v) is 6.50. The molecule has 1 fully saturated rings. The van der Waals surface area contributed by atoms with Gasteiger partial charge in [-0.2, -0.15) is 0 Å². The second kappa shape index (κ2) is 5.89. The summed E-state index contributed by atoms with van der Waals surface area (Å²) in [5.74, 6) is 8.15. The standard InChI is InChI=1S/C16H21N/c1-14-11-15(2)13-17(12-14)10-6-9-16-7-4-3-5-8-16/h3-5,7-8,14-15H,10-13H2,1-2H3/t14-,15-/m1/s1. The quantitative estimate of drug-likeness (QED) is 0.667. The summed E-state index contributed by atoms with van der Waals surface area (Å²) in [5, 5.41) is 0. The number of nitrogens with zero attached hydrogens (tertiary/aromatic N) is 1. The van der Waals surface area contributed by atoms with E-state index in [1.54, 1.807) is 0 Å². The number of hydrogen-bond acceptors (Lipinski definition) is 1. The predicted molar refractivity (Wildman–Crippen MR) is 72.7 cm³/mol. The Morgan fingerprint density at radius 1 is 1.12 bits per heavy atom. The first-order valence-electron chi connectivity index (χ1n) is 6.50. The van der Waals surface area contributed by atoms with E-state index in [1.165, 1.54) is 19.5 Å². The summed E-state index contributed by atoms with van der Waals surface area (Å²) < 4.78 is 0. The average Bonchev–Trinajstić information content (AvgIpc) is 2.29. The van der Waals surface area contributed by atoms with Gasteiger partial charge in [0.05, 0.1) is 6.54 Å². The maximum absolute atomic E-state index is 3.29. The molecule has 1 aromatic carbocycles. The lowest BCUT2D eigenvalue weighted by atomic mass is 9.92. The third-order valence-electron chi connectivity index (χ3n) is 3.25. The molecule has 1 saturated heterocycles. The number of benzene rings is 1. The monoisotopic (exact) mass is 227 g/mol. The van der Waals surface area contributed by atoms with Crippen molar-refractivity contribution in [2.24, 2.45) is 11.8 Å². The van der Waals surface area contributed by atoms with Crippen molar-refractivity contribution in [2.45, 2.75) is 20.3 Å². The number of likely N-dealkylation sites (tertiary alicyclic amines) is 1. The van der Waals surface area contributed by atoms with Crippen molar-refractivity contribution in [1.82, 2.24) is 4.90 Å². The largest absolute Gasteiger partial charge is 0.292 e. The molecule has 1 aromatic rings. The Hall–Kier alpha value is -1.26. The highest BCUT2D eigenvalue weighted by molar-refractivity contribution is 5.33. The zero-order valence-electron chi connectivity index (χ0n) is 10.8. The Labute approximate surface area is 105 Å². The third kappa shape index (κ3) is 3.91. The van der Waals surface area contributed by atoms with Crippen LogP contribution in [0.1, 0.15) is 25.8 Å². The van der Waals surface area contributed by atoms with E-state index in [0.29, 0.717) is 0 Å². The molecular weight excluding hydrogens is 206 g/mol. The molecule has 0 spiro atoms. The van der Waals surface area contributed by atoms with E-state index in [9.17, 15) is 0 Å². The fraction of sp³-hybridized carbons (Fsp3) is 0.500. The molecule has 0 radical (unpaired) electrons. The molecule has 2 rings (SSSR count). The van der Waals surface area contributed by atoms with Crippen molar-refractivity contribution in [3.8, 4) is 11.8 Å². The van der Waals surface area contributed by atoms with Crippen LogP contribution in [0.4, 0.5) is 0 Å². The van der Waals surface area contributed by atoms with Crippen molar-refractivity contribution in [2.75, 3.05) is 19.6 Å². The average molecular weight is 227 g/mol. The Balaban J connectivity index is 1.88. The van der Waals surface area contributed by atoms with Gasteiger partial charge in [0.15, 0.2) is 0 Å². The van der Waals surface area contributed by atoms with Crippen LogP contribution in [0.25, 0.3) is 0 Å². The lowest BCUT2D eigenvalue weighted by Crippen LogP contribution is -2.38. The molecule has 1 aliphatic rings. The predicted octanol–water partition coefficient (Wildman–Crippen LogP) is 3.02. The van der Waals surface area contributed by atoms with Gasteiger partial charge in [-0.1, -0.05) is 43.9 Å². The topological polar surface area (TPSA) is 3.24 Å². The number of piperidine rings is 1. The van der Waals surface area contributed by atoms with Crippen molar-refractivity contribution in [1.29, 1.82) is 0 Å². The molecule has 0 amide bonds. The number of rotatable bonds is 1. The van der Waals surface area contributed by atoms with Crippen LogP contribution in [0.5, 0.6) is 0 Å². The summed E-state index contributed by atoms with van der Waals surface area (Å²) in [6, 6.07) is 10.2. The molecule has 1 aliphatic heterocycles. The Kier molecular flexibility index (Phi) is 4.23. The van der Waals surface area contributed by atoms with Gasteiger partial charge in [-0.05, 0) is 30.4 Å². The Morgan fingerprint density at radius 3 is 2.41 bits per heavy atom. The summed E-state index contributed by atoms with van der Waals surface area (Å²) in [6.45, 7) is 7.99. The molecule has 17 heavy (non-hydrogen) atoms. The van der Waals surface area contributed by atoms with Crippen LogP contribution in [-0.4, -0.2) is 24.5 Å². The minimum Gasteiger partial charge on any atom is -0.292 e. The smallest absolute Gasteiger partial charge is 0.0605 e. The zero-order valence-corrected chi connectivity index (χ0v) is 10.8. The lowest BCUT2D eigenvalue weighted by molar-refractivity contribution is 0.157. The summed E-state index contributed by atoms with van der Waals surface area (Å²) >= 11 is 0. The zero-order chi connectivity index (χ0) is 12.1. The van der Waals surface area contributed by atoms with Gasteiger partial charge in [0.2, 0.25) is 0 Å². The fourth-order valence-corrected chi connectivity index (χ4v) is 2.70. The van der Waals surface area contributed by atoms with Crippen LogP contribution < -0.4 is 0 Å². The van der Waals surface area contributed by atoms with Gasteiger partial charge in [-0.3, -0.25) is 4.90 Å². The summed E-state index contributed by atoms with van der Waals surface area (Å²) in [4.78, 5) is 2.48. The summed E-state index contributed by atoms with van der Waals surface area (Å²) in [6.07, 6.45) is 1.36. The van der Waals surface area contributed by atoms with E-state index >= 15 is 0 Å². The first-order chi connectivity index (χ1) is 8.24. The SMILES string of the molecule is C[C@@H]1C[C@@H](C)CN(CC#Cc2ccccc2)C1. The second-order valence-corrected chi connectivity index (χ2v) is 5.31. The van der Waals surface area contributed by atoms with E-state index in [1.807, 2.05) is 18.2 Å². The Morgan fingerprint density at radius 2 is 1.76 bits per heavy atom. The minimum absolute atomic E-state index is 0.817. The van der Waals surface area contributed by atoms with Crippen LogP contribution in [-0.2, 0) is 0 Å². The fourth-order valence-electron chi connectivity index (χ4n) is 2.70. The highest BCUT2D eigenvalue weighted by Gasteiger charge is 2.20. The maximum atomic E-state index is 3.29. The van der Waals surface area contributed by atoms with Gasteiger partial charge in [0.1, 0.15) is 0 Å². The molecule has 0 aliphatic carbocycles. The molecule has 0 unspecified atom stereocenters. The lowest BCUT2D eigenvalue weighted by Gasteiger charge is -2.33. The van der Waals surface area contributed by atoms with Gasteiger partial charge in [-0.15, -0.1) is 0 Å². The maximum Gasteiger partial charge on any atom is 0.0605 e. The third-order valence-corrected chi connectivity index (χ3v) is 3.25. The van der Waals surface area contributed by atoms with Gasteiger partial charge in [-0.25, -0.2) is 0 Å². The normalized spacial score (nSPS) is 25.1. The summed E-state index contributed by atoms with van der Waals surface area (Å²) in [7, 11) is 0. The highest BCUT2D eigenvalue weighted by atomic mass is 15.1. The molecule has 0 saturated carbocycles. The molecule has 0 N–H and O–H groups in total. The van der Waals surface area contributed by atoms with Crippen LogP contribution in [0.3, 0.4) is 0 Å². The van der Waals surface area contributed by atoms with E-state index in [2.05, 4.69) is 42.7 Å². The van der Waals surface area contributed by atoms with Crippen LogP contribution in [0.2, 0.25) is 0 Å². The van der Waals surface area contributed by atoms with Crippen LogP contribution in [0.15, 0.2) is 30.3 Å². The molecule has 1 heteroatoms. The van der Waals surface area contributed by atoms with Gasteiger partial charge in [0, 0.05) is 18.7 Å². The molecular formula is C16H21N. The van der Waals surface area contributed by atoms with Crippen molar-refractivity contribution < 1.29 is 0 Å². The van der Waals surface area contributed by atoms with Gasteiger partial charge >= 0.3 is 0 Å². The van der Waals surface area contributed by atoms with E-state index in [0.717, 1.165) is 23.9 Å². The second-order valence-electron chi connectivity index (χ2n) is 5.31. The van der Waals surface area contributed by atoms with Crippen molar-refractivity contribution in [3.63, 3.8) is 0 Å². The van der Waals surface area contributed by atoms with Gasteiger partial charge < -0.3 is 0 Å². The molecule has 0 aromatic heterocycles. The van der Waals surface area contributed by atoms with E-state index < -0.39 is 0 Å². The molecule has 1 heterocycles.